The van der Waals surface area contributed by atoms with Crippen molar-refractivity contribution >= 4 is 34.8 Å². The molecule has 1 nitrogen and oxygen atoms in total. The van der Waals surface area contributed by atoms with Crippen molar-refractivity contribution in [2.75, 3.05) is 7.05 Å². The fraction of sp³-hybridized carbons (Fsp3) is 0.400. The molecule has 2 rings (SSSR count). The van der Waals surface area contributed by atoms with Crippen LogP contribution in [0.5, 0.6) is 0 Å². The van der Waals surface area contributed by atoms with Gasteiger partial charge in [0.1, 0.15) is 0 Å². The highest BCUT2D eigenvalue weighted by Crippen LogP contribution is 2.50. The summed E-state index contributed by atoms with van der Waals surface area (Å²) in [5, 5.41) is 5.13. The molecule has 0 amide bonds. The predicted octanol–water partition coefficient (Wildman–Crippen LogP) is 3.86. The van der Waals surface area contributed by atoms with Gasteiger partial charge in [-0.15, -0.1) is 0 Å². The normalized spacial score (nSPS) is 18.3. The Bertz CT molecular complexity index is 349. The van der Waals surface area contributed by atoms with Crippen LogP contribution in [0.25, 0.3) is 0 Å². The van der Waals surface area contributed by atoms with Gasteiger partial charge < -0.3 is 5.32 Å². The summed E-state index contributed by atoms with van der Waals surface area (Å²) in [4.78, 5) is 0. The van der Waals surface area contributed by atoms with Crippen molar-refractivity contribution in [3.05, 3.63) is 32.8 Å². The average Bonchev–Trinajstić information content (AvgIpc) is 2.83. The molecular formula is C10H10Cl3N. The van der Waals surface area contributed by atoms with Crippen LogP contribution in [-0.4, -0.2) is 7.05 Å². The molecule has 14 heavy (non-hydrogen) atoms. The van der Waals surface area contributed by atoms with Gasteiger partial charge in [-0.2, -0.15) is 0 Å². The van der Waals surface area contributed by atoms with Gasteiger partial charge in [0.05, 0.1) is 0 Å². The van der Waals surface area contributed by atoms with Crippen molar-refractivity contribution in [1.82, 2.24) is 5.32 Å². The van der Waals surface area contributed by atoms with Gasteiger partial charge in [-0.3, -0.25) is 0 Å². The average molecular weight is 251 g/mol. The Labute approximate surface area is 98.3 Å². The van der Waals surface area contributed by atoms with Crippen molar-refractivity contribution in [2.45, 2.75) is 18.4 Å². The molecular weight excluding hydrogens is 240 g/mol. The van der Waals surface area contributed by atoms with Crippen molar-refractivity contribution in [3.63, 3.8) is 0 Å². The van der Waals surface area contributed by atoms with E-state index in [4.69, 9.17) is 34.8 Å². The van der Waals surface area contributed by atoms with E-state index >= 15 is 0 Å². The van der Waals surface area contributed by atoms with E-state index in [1.54, 1.807) is 12.1 Å². The minimum absolute atomic E-state index is 0.0151. The maximum atomic E-state index is 6.13. The highest BCUT2D eigenvalue weighted by molar-refractivity contribution is 6.39. The van der Waals surface area contributed by atoms with Gasteiger partial charge in [0.2, 0.25) is 0 Å². The first-order valence-electron chi connectivity index (χ1n) is 4.43. The SMILES string of the molecule is CNC1(c2c(Cl)cc(Cl)cc2Cl)CC1. The first kappa shape index (κ1) is 10.6. The lowest BCUT2D eigenvalue weighted by atomic mass is 10.1. The molecule has 1 aliphatic carbocycles. The zero-order valence-corrected chi connectivity index (χ0v) is 9.97. The number of halogens is 3. The monoisotopic (exact) mass is 249 g/mol. The third-order valence-electron chi connectivity index (χ3n) is 2.71. The highest BCUT2D eigenvalue weighted by Gasteiger charge is 2.45. The van der Waals surface area contributed by atoms with Crippen LogP contribution in [0.3, 0.4) is 0 Å². The van der Waals surface area contributed by atoms with Gasteiger partial charge in [-0.05, 0) is 32.0 Å². The lowest BCUT2D eigenvalue weighted by molar-refractivity contribution is 0.586. The van der Waals surface area contributed by atoms with Gasteiger partial charge in [0.25, 0.3) is 0 Å². The summed E-state index contributed by atoms with van der Waals surface area (Å²) in [5.41, 5.74) is 0.964. The fourth-order valence-corrected chi connectivity index (χ4v) is 2.93. The molecule has 1 aromatic rings. The molecule has 1 saturated carbocycles. The number of benzene rings is 1. The molecule has 0 heterocycles. The van der Waals surface area contributed by atoms with Crippen LogP contribution in [0.15, 0.2) is 12.1 Å². The van der Waals surface area contributed by atoms with Gasteiger partial charge in [0, 0.05) is 26.2 Å². The third-order valence-corrected chi connectivity index (χ3v) is 3.53. The van der Waals surface area contributed by atoms with E-state index < -0.39 is 0 Å². The van der Waals surface area contributed by atoms with Crippen LogP contribution < -0.4 is 5.32 Å². The molecule has 0 saturated heterocycles. The van der Waals surface area contributed by atoms with Crippen molar-refractivity contribution in [2.24, 2.45) is 0 Å². The van der Waals surface area contributed by atoms with Crippen LogP contribution >= 0.6 is 34.8 Å². The smallest absolute Gasteiger partial charge is 0.0486 e. The molecule has 1 aliphatic rings. The van der Waals surface area contributed by atoms with Crippen molar-refractivity contribution in [3.8, 4) is 0 Å². The predicted molar refractivity (Wildman–Crippen MR) is 61.4 cm³/mol. The van der Waals surface area contributed by atoms with Gasteiger partial charge in [0.15, 0.2) is 0 Å². The Morgan fingerprint density at radius 2 is 1.64 bits per heavy atom. The van der Waals surface area contributed by atoms with E-state index in [2.05, 4.69) is 5.32 Å². The summed E-state index contributed by atoms with van der Waals surface area (Å²) in [7, 11) is 1.92. The topological polar surface area (TPSA) is 12.0 Å². The second-order valence-electron chi connectivity index (χ2n) is 3.58. The largest absolute Gasteiger partial charge is 0.310 e. The fourth-order valence-electron chi connectivity index (χ4n) is 1.75. The quantitative estimate of drug-likeness (QED) is 0.840. The lowest BCUT2D eigenvalue weighted by Crippen LogP contribution is -2.25. The van der Waals surface area contributed by atoms with E-state index in [9.17, 15) is 0 Å². The Balaban J connectivity index is 2.53. The molecule has 0 bridgehead atoms. The molecule has 76 valence electrons. The summed E-state index contributed by atoms with van der Waals surface area (Å²) in [6.45, 7) is 0. The first-order chi connectivity index (χ1) is 6.59. The summed E-state index contributed by atoms with van der Waals surface area (Å²) >= 11 is 18.1. The minimum atomic E-state index is -0.0151. The molecule has 1 aromatic carbocycles. The van der Waals surface area contributed by atoms with Gasteiger partial charge in [-0.1, -0.05) is 34.8 Å². The summed E-state index contributed by atoms with van der Waals surface area (Å²) < 4.78 is 0. The minimum Gasteiger partial charge on any atom is -0.310 e. The van der Waals surface area contributed by atoms with E-state index in [1.807, 2.05) is 7.05 Å². The molecule has 4 heteroatoms. The molecule has 0 radical (unpaired) electrons. The molecule has 1 fully saturated rings. The maximum Gasteiger partial charge on any atom is 0.0486 e. The van der Waals surface area contributed by atoms with Crippen LogP contribution in [0.1, 0.15) is 18.4 Å². The van der Waals surface area contributed by atoms with Crippen LogP contribution in [0, 0.1) is 0 Å². The Morgan fingerprint density at radius 1 is 1.14 bits per heavy atom. The number of rotatable bonds is 2. The molecule has 0 aromatic heterocycles. The van der Waals surface area contributed by atoms with Crippen LogP contribution in [0.4, 0.5) is 0 Å². The highest BCUT2D eigenvalue weighted by atomic mass is 35.5. The van der Waals surface area contributed by atoms with Crippen LogP contribution in [0.2, 0.25) is 15.1 Å². The Hall–Kier alpha value is 0.0500. The number of hydrogen-bond acceptors (Lipinski definition) is 1. The summed E-state index contributed by atoms with van der Waals surface area (Å²) in [6, 6.07) is 3.48. The van der Waals surface area contributed by atoms with Crippen LogP contribution in [-0.2, 0) is 5.54 Å². The zero-order valence-electron chi connectivity index (χ0n) is 7.70. The second kappa shape index (κ2) is 3.57. The van der Waals surface area contributed by atoms with E-state index in [1.165, 1.54) is 0 Å². The summed E-state index contributed by atoms with van der Waals surface area (Å²) in [6.07, 6.45) is 2.15. The second-order valence-corrected chi connectivity index (χ2v) is 4.83. The maximum absolute atomic E-state index is 6.13. The number of nitrogens with one attached hydrogen (secondary N) is 1. The van der Waals surface area contributed by atoms with Crippen molar-refractivity contribution < 1.29 is 0 Å². The standard InChI is InChI=1S/C10H10Cl3N/c1-14-10(2-3-10)9-7(12)4-6(11)5-8(9)13/h4-5,14H,2-3H2,1H3. The first-order valence-corrected chi connectivity index (χ1v) is 5.56. The summed E-state index contributed by atoms with van der Waals surface area (Å²) in [5.74, 6) is 0. The van der Waals surface area contributed by atoms with Gasteiger partial charge in [-0.25, -0.2) is 0 Å². The lowest BCUT2D eigenvalue weighted by Gasteiger charge is -2.18. The van der Waals surface area contributed by atoms with Gasteiger partial charge >= 0.3 is 0 Å². The Kier molecular flexibility index (Phi) is 2.69. The zero-order chi connectivity index (χ0) is 10.3. The molecule has 0 spiro atoms. The molecule has 0 unspecified atom stereocenters. The van der Waals surface area contributed by atoms with E-state index in [0.29, 0.717) is 15.1 Å². The Morgan fingerprint density at radius 3 is 2.00 bits per heavy atom. The third kappa shape index (κ3) is 1.63. The van der Waals surface area contributed by atoms with E-state index in [-0.39, 0.29) is 5.54 Å². The molecule has 0 atom stereocenters. The van der Waals surface area contributed by atoms with E-state index in [0.717, 1.165) is 18.4 Å². The van der Waals surface area contributed by atoms with Crippen molar-refractivity contribution in [1.29, 1.82) is 0 Å². The number of hydrogen-bond donors (Lipinski definition) is 1. The molecule has 1 N–H and O–H groups in total. The molecule has 0 aliphatic heterocycles.